The molecule has 6 heteroatoms. The third-order valence-corrected chi connectivity index (χ3v) is 5.38. The molecule has 0 bridgehead atoms. The molecule has 1 aliphatic rings. The summed E-state index contributed by atoms with van der Waals surface area (Å²) in [6.45, 7) is 4.96. The summed E-state index contributed by atoms with van der Waals surface area (Å²) in [6.07, 6.45) is 1.74. The van der Waals surface area contributed by atoms with Gasteiger partial charge in [0.1, 0.15) is 0 Å². The standard InChI is InChI=1S/C25H28N4O2/c30-25(28-24(22-6-2-1-3-7-22)23-8-4-5-13-26-23)27-18-20-9-11-21(12-10-20)19-29-14-16-31-17-15-29/h1-13,24H,14-19H2,(H2,27,28,30)/t24-/m1/s1. The molecular weight excluding hydrogens is 388 g/mol. The van der Waals surface area contributed by atoms with E-state index in [2.05, 4.69) is 44.8 Å². The van der Waals surface area contributed by atoms with E-state index in [0.717, 1.165) is 49.7 Å². The van der Waals surface area contributed by atoms with Gasteiger partial charge < -0.3 is 15.4 Å². The van der Waals surface area contributed by atoms with Crippen molar-refractivity contribution >= 4 is 6.03 Å². The number of benzene rings is 2. The van der Waals surface area contributed by atoms with Gasteiger partial charge in [-0.15, -0.1) is 0 Å². The van der Waals surface area contributed by atoms with Crippen molar-refractivity contribution < 1.29 is 9.53 Å². The molecular formula is C25H28N4O2. The third-order valence-electron chi connectivity index (χ3n) is 5.38. The third kappa shape index (κ3) is 6.13. The van der Waals surface area contributed by atoms with Gasteiger partial charge in [0.25, 0.3) is 0 Å². The molecule has 1 saturated heterocycles. The number of nitrogens with one attached hydrogen (secondary N) is 2. The highest BCUT2D eigenvalue weighted by Crippen LogP contribution is 2.19. The van der Waals surface area contributed by atoms with Crippen molar-refractivity contribution in [3.63, 3.8) is 0 Å². The highest BCUT2D eigenvalue weighted by Gasteiger charge is 2.17. The maximum Gasteiger partial charge on any atom is 0.315 e. The van der Waals surface area contributed by atoms with E-state index in [4.69, 9.17) is 4.74 Å². The van der Waals surface area contributed by atoms with Crippen LogP contribution >= 0.6 is 0 Å². The van der Waals surface area contributed by atoms with Gasteiger partial charge >= 0.3 is 6.03 Å². The van der Waals surface area contributed by atoms with Crippen molar-refractivity contribution in [1.29, 1.82) is 0 Å². The number of nitrogens with zero attached hydrogens (tertiary/aromatic N) is 2. The van der Waals surface area contributed by atoms with Crippen molar-refractivity contribution in [2.75, 3.05) is 26.3 Å². The number of aromatic nitrogens is 1. The summed E-state index contributed by atoms with van der Waals surface area (Å²) in [6, 6.07) is 23.5. The molecule has 1 fully saturated rings. The lowest BCUT2D eigenvalue weighted by Gasteiger charge is -2.26. The highest BCUT2D eigenvalue weighted by atomic mass is 16.5. The van der Waals surface area contributed by atoms with Crippen LogP contribution in [0.2, 0.25) is 0 Å². The van der Waals surface area contributed by atoms with Crippen molar-refractivity contribution in [1.82, 2.24) is 20.5 Å². The van der Waals surface area contributed by atoms with Crippen molar-refractivity contribution in [2.45, 2.75) is 19.1 Å². The molecule has 0 saturated carbocycles. The van der Waals surface area contributed by atoms with E-state index >= 15 is 0 Å². The summed E-state index contributed by atoms with van der Waals surface area (Å²) in [5.74, 6) is 0. The van der Waals surface area contributed by atoms with Crippen LogP contribution in [0.25, 0.3) is 0 Å². The summed E-state index contributed by atoms with van der Waals surface area (Å²) in [4.78, 5) is 19.5. The Morgan fingerprint density at radius 3 is 2.35 bits per heavy atom. The molecule has 2 N–H and O–H groups in total. The Morgan fingerprint density at radius 1 is 0.935 bits per heavy atom. The second kappa shape index (κ2) is 10.7. The number of rotatable bonds is 7. The molecule has 2 amide bonds. The van der Waals surface area contributed by atoms with Crippen LogP contribution in [0.5, 0.6) is 0 Å². The van der Waals surface area contributed by atoms with E-state index in [1.807, 2.05) is 48.5 Å². The van der Waals surface area contributed by atoms with Crippen LogP contribution in [-0.2, 0) is 17.8 Å². The molecule has 0 aliphatic carbocycles. The molecule has 1 atom stereocenters. The number of ether oxygens (including phenoxy) is 1. The predicted molar refractivity (Wildman–Crippen MR) is 120 cm³/mol. The summed E-state index contributed by atoms with van der Waals surface area (Å²) in [7, 11) is 0. The molecule has 160 valence electrons. The quantitative estimate of drug-likeness (QED) is 0.619. The number of urea groups is 1. The molecule has 0 spiro atoms. The number of carbonyl (C=O) groups is 1. The molecule has 1 aliphatic heterocycles. The minimum absolute atomic E-state index is 0.225. The zero-order valence-corrected chi connectivity index (χ0v) is 17.5. The minimum Gasteiger partial charge on any atom is -0.379 e. The number of hydrogen-bond acceptors (Lipinski definition) is 4. The van der Waals surface area contributed by atoms with Crippen LogP contribution in [0.15, 0.2) is 79.0 Å². The van der Waals surface area contributed by atoms with Gasteiger partial charge in [-0.05, 0) is 28.8 Å². The molecule has 6 nitrogen and oxygen atoms in total. The lowest BCUT2D eigenvalue weighted by atomic mass is 10.0. The topological polar surface area (TPSA) is 66.5 Å². The second-order valence-corrected chi connectivity index (χ2v) is 7.63. The average molecular weight is 417 g/mol. The molecule has 3 aromatic rings. The monoisotopic (exact) mass is 416 g/mol. The van der Waals surface area contributed by atoms with E-state index < -0.39 is 0 Å². The number of morpholine rings is 1. The first-order valence-corrected chi connectivity index (χ1v) is 10.7. The van der Waals surface area contributed by atoms with Gasteiger partial charge in [-0.25, -0.2) is 4.79 Å². The number of amides is 2. The summed E-state index contributed by atoms with van der Waals surface area (Å²) in [5.41, 5.74) is 4.13. The average Bonchev–Trinajstić information content (AvgIpc) is 2.84. The molecule has 0 radical (unpaired) electrons. The molecule has 4 rings (SSSR count). The van der Waals surface area contributed by atoms with E-state index in [0.29, 0.717) is 6.54 Å². The molecule has 31 heavy (non-hydrogen) atoms. The first kappa shape index (κ1) is 21.0. The first-order valence-electron chi connectivity index (χ1n) is 10.7. The van der Waals surface area contributed by atoms with Gasteiger partial charge in [0, 0.05) is 32.4 Å². The normalized spacial score (nSPS) is 15.2. The summed E-state index contributed by atoms with van der Waals surface area (Å²) < 4.78 is 5.40. The Morgan fingerprint density at radius 2 is 1.65 bits per heavy atom. The van der Waals surface area contributed by atoms with Crippen LogP contribution in [0.3, 0.4) is 0 Å². The van der Waals surface area contributed by atoms with Crippen LogP contribution < -0.4 is 10.6 Å². The fourth-order valence-corrected chi connectivity index (χ4v) is 3.66. The first-order chi connectivity index (χ1) is 15.3. The van der Waals surface area contributed by atoms with Gasteiger partial charge in [-0.2, -0.15) is 0 Å². The zero-order valence-electron chi connectivity index (χ0n) is 17.5. The van der Waals surface area contributed by atoms with Gasteiger partial charge in [-0.3, -0.25) is 9.88 Å². The largest absolute Gasteiger partial charge is 0.379 e. The van der Waals surface area contributed by atoms with E-state index in [1.165, 1.54) is 5.56 Å². The second-order valence-electron chi connectivity index (χ2n) is 7.63. The smallest absolute Gasteiger partial charge is 0.315 e. The SMILES string of the molecule is O=C(NCc1ccc(CN2CCOCC2)cc1)N[C@H](c1ccccc1)c1ccccn1. The maximum absolute atomic E-state index is 12.6. The number of hydrogen-bond donors (Lipinski definition) is 2. The van der Waals surface area contributed by atoms with Crippen LogP contribution in [0, 0.1) is 0 Å². The van der Waals surface area contributed by atoms with Crippen LogP contribution in [0.4, 0.5) is 4.79 Å². The highest BCUT2D eigenvalue weighted by molar-refractivity contribution is 5.75. The number of pyridine rings is 1. The molecule has 0 unspecified atom stereocenters. The van der Waals surface area contributed by atoms with Crippen LogP contribution in [-0.4, -0.2) is 42.2 Å². The van der Waals surface area contributed by atoms with Gasteiger partial charge in [0.15, 0.2) is 0 Å². The maximum atomic E-state index is 12.6. The molecule has 2 aromatic carbocycles. The van der Waals surface area contributed by atoms with E-state index in [1.54, 1.807) is 6.20 Å². The van der Waals surface area contributed by atoms with E-state index in [-0.39, 0.29) is 12.1 Å². The van der Waals surface area contributed by atoms with E-state index in [9.17, 15) is 4.79 Å². The van der Waals surface area contributed by atoms with Gasteiger partial charge in [-0.1, -0.05) is 60.7 Å². The van der Waals surface area contributed by atoms with Gasteiger partial charge in [0.2, 0.25) is 0 Å². The number of carbonyl (C=O) groups excluding carboxylic acids is 1. The molecule has 1 aromatic heterocycles. The van der Waals surface area contributed by atoms with Crippen molar-refractivity contribution in [3.05, 3.63) is 101 Å². The van der Waals surface area contributed by atoms with Crippen molar-refractivity contribution in [3.8, 4) is 0 Å². The van der Waals surface area contributed by atoms with Crippen molar-refractivity contribution in [2.24, 2.45) is 0 Å². The Bertz CT molecular complexity index is 903. The Balaban J connectivity index is 1.33. The summed E-state index contributed by atoms with van der Waals surface area (Å²) >= 11 is 0. The molecule has 2 heterocycles. The lowest BCUT2D eigenvalue weighted by molar-refractivity contribution is 0.0342. The lowest BCUT2D eigenvalue weighted by Crippen LogP contribution is -2.38. The fourth-order valence-electron chi connectivity index (χ4n) is 3.66. The van der Waals surface area contributed by atoms with Crippen LogP contribution in [0.1, 0.15) is 28.4 Å². The Kier molecular flexibility index (Phi) is 7.26. The Labute approximate surface area is 183 Å². The van der Waals surface area contributed by atoms with Gasteiger partial charge in [0.05, 0.1) is 24.9 Å². The minimum atomic E-state index is -0.307. The Hall–Kier alpha value is -3.22. The fraction of sp³-hybridized carbons (Fsp3) is 0.280. The summed E-state index contributed by atoms with van der Waals surface area (Å²) in [5, 5.41) is 6.02. The predicted octanol–water partition coefficient (Wildman–Crippen LogP) is 3.50. The zero-order chi connectivity index (χ0) is 21.3.